The van der Waals surface area contributed by atoms with Crippen LogP contribution in [0.15, 0.2) is 0 Å². The second kappa shape index (κ2) is 12.8. The van der Waals surface area contributed by atoms with Gasteiger partial charge in [0.05, 0.1) is 6.54 Å². The second-order valence-corrected chi connectivity index (χ2v) is 7.05. The van der Waals surface area contributed by atoms with Crippen LogP contribution in [0.4, 0.5) is 0 Å². The zero-order chi connectivity index (χ0) is 17.5. The van der Waals surface area contributed by atoms with Crippen LogP contribution in [-0.2, 0) is 9.59 Å². The molecular weight excluding hydrogens is 375 g/mol. The molecule has 0 spiro atoms. The highest BCUT2D eigenvalue weighted by atomic mass is 35.5. The lowest BCUT2D eigenvalue weighted by molar-refractivity contribution is -0.136. The third-order valence-corrected chi connectivity index (χ3v) is 5.65. The van der Waals surface area contributed by atoms with E-state index in [0.29, 0.717) is 24.9 Å². The van der Waals surface area contributed by atoms with Crippen LogP contribution in [-0.4, -0.2) is 78.9 Å². The topological polar surface area (TPSA) is 69.9 Å². The van der Waals surface area contributed by atoms with Gasteiger partial charge in [0, 0.05) is 45.2 Å². The zero-order valence-corrected chi connectivity index (χ0v) is 17.8. The molecule has 2 atom stereocenters. The SMILES string of the molecule is CCN(CC)C(=O)CN1CCCN(C(=O)[C@@H]2CCC[C@@H]2CN)CC1.Cl.Cl. The monoisotopic (exact) mass is 410 g/mol. The van der Waals surface area contributed by atoms with Crippen molar-refractivity contribution in [3.63, 3.8) is 0 Å². The number of rotatable bonds is 6. The van der Waals surface area contributed by atoms with Gasteiger partial charge in [0.1, 0.15) is 0 Å². The average molecular weight is 411 g/mol. The van der Waals surface area contributed by atoms with E-state index < -0.39 is 0 Å². The van der Waals surface area contributed by atoms with E-state index in [4.69, 9.17) is 5.73 Å². The largest absolute Gasteiger partial charge is 0.342 e. The molecular formula is C18H36Cl2N4O2. The number of halogens is 2. The van der Waals surface area contributed by atoms with Crippen molar-refractivity contribution in [1.29, 1.82) is 0 Å². The van der Waals surface area contributed by atoms with E-state index in [1.165, 1.54) is 0 Å². The van der Waals surface area contributed by atoms with E-state index in [1.54, 1.807) is 0 Å². The molecule has 26 heavy (non-hydrogen) atoms. The van der Waals surface area contributed by atoms with Crippen molar-refractivity contribution in [2.24, 2.45) is 17.6 Å². The summed E-state index contributed by atoms with van der Waals surface area (Å²) in [5, 5.41) is 0. The van der Waals surface area contributed by atoms with Gasteiger partial charge in [-0.15, -0.1) is 24.8 Å². The van der Waals surface area contributed by atoms with E-state index >= 15 is 0 Å². The normalized spacial score (nSPS) is 23.6. The van der Waals surface area contributed by atoms with Crippen LogP contribution in [0.1, 0.15) is 39.5 Å². The quantitative estimate of drug-likeness (QED) is 0.721. The molecule has 1 heterocycles. The van der Waals surface area contributed by atoms with Crippen molar-refractivity contribution in [2.75, 3.05) is 52.4 Å². The molecule has 1 saturated heterocycles. The molecule has 0 aromatic heterocycles. The molecule has 6 nitrogen and oxygen atoms in total. The summed E-state index contributed by atoms with van der Waals surface area (Å²) in [7, 11) is 0. The average Bonchev–Trinajstić information content (AvgIpc) is 2.95. The van der Waals surface area contributed by atoms with Crippen LogP contribution in [0, 0.1) is 11.8 Å². The lowest BCUT2D eigenvalue weighted by Gasteiger charge is -2.27. The van der Waals surface area contributed by atoms with E-state index in [-0.39, 0.29) is 36.6 Å². The Labute approximate surface area is 170 Å². The molecule has 154 valence electrons. The van der Waals surface area contributed by atoms with Crippen LogP contribution in [0.25, 0.3) is 0 Å². The molecule has 1 saturated carbocycles. The van der Waals surface area contributed by atoms with Crippen molar-refractivity contribution < 1.29 is 9.59 Å². The lowest BCUT2D eigenvalue weighted by atomic mass is 9.94. The van der Waals surface area contributed by atoms with E-state index in [0.717, 1.165) is 65.0 Å². The smallest absolute Gasteiger partial charge is 0.236 e. The number of hydrogen-bond donors (Lipinski definition) is 1. The first-order chi connectivity index (χ1) is 11.6. The number of nitrogens with two attached hydrogens (primary N) is 1. The summed E-state index contributed by atoms with van der Waals surface area (Å²) >= 11 is 0. The fourth-order valence-corrected chi connectivity index (χ4v) is 4.10. The summed E-state index contributed by atoms with van der Waals surface area (Å²) in [5.41, 5.74) is 5.83. The molecule has 0 radical (unpaired) electrons. The van der Waals surface area contributed by atoms with Crippen LogP contribution >= 0.6 is 24.8 Å². The van der Waals surface area contributed by atoms with Crippen LogP contribution < -0.4 is 5.73 Å². The van der Waals surface area contributed by atoms with Crippen molar-refractivity contribution >= 4 is 36.6 Å². The van der Waals surface area contributed by atoms with Gasteiger partial charge in [-0.25, -0.2) is 0 Å². The first kappa shape index (κ1) is 25.4. The number of amides is 2. The van der Waals surface area contributed by atoms with E-state index in [1.807, 2.05) is 23.6 Å². The van der Waals surface area contributed by atoms with Gasteiger partial charge in [-0.2, -0.15) is 0 Å². The number of carbonyl (C=O) groups excluding carboxylic acids is 2. The van der Waals surface area contributed by atoms with Gasteiger partial charge in [0.15, 0.2) is 0 Å². The van der Waals surface area contributed by atoms with Crippen molar-refractivity contribution in [1.82, 2.24) is 14.7 Å². The maximum Gasteiger partial charge on any atom is 0.236 e. The van der Waals surface area contributed by atoms with E-state index in [9.17, 15) is 9.59 Å². The third kappa shape index (κ3) is 6.55. The fourth-order valence-electron chi connectivity index (χ4n) is 4.10. The summed E-state index contributed by atoms with van der Waals surface area (Å²) in [6.45, 7) is 9.86. The highest BCUT2D eigenvalue weighted by Gasteiger charge is 2.35. The molecule has 0 aromatic carbocycles. The Morgan fingerprint density at radius 3 is 2.31 bits per heavy atom. The Bertz CT molecular complexity index is 435. The van der Waals surface area contributed by atoms with Crippen molar-refractivity contribution in [3.8, 4) is 0 Å². The molecule has 0 bridgehead atoms. The summed E-state index contributed by atoms with van der Waals surface area (Å²) in [6, 6.07) is 0. The molecule has 0 unspecified atom stereocenters. The minimum atomic E-state index is 0. The first-order valence-electron chi connectivity index (χ1n) is 9.59. The predicted molar refractivity (Wildman–Crippen MR) is 110 cm³/mol. The van der Waals surface area contributed by atoms with Crippen LogP contribution in [0.5, 0.6) is 0 Å². The second-order valence-electron chi connectivity index (χ2n) is 7.05. The maximum absolute atomic E-state index is 12.8. The Hall–Kier alpha value is -0.560. The number of nitrogens with zero attached hydrogens (tertiary/aromatic N) is 3. The Morgan fingerprint density at radius 1 is 1.00 bits per heavy atom. The maximum atomic E-state index is 12.8. The number of carbonyl (C=O) groups is 2. The molecule has 2 N–H and O–H groups in total. The minimum absolute atomic E-state index is 0. The standard InChI is InChI=1S/C18H34N4O2.2ClH/c1-3-21(4-2)17(23)14-20-9-6-10-22(12-11-20)18(24)16-8-5-7-15(16)13-19;;/h15-16H,3-14,19H2,1-2H3;2*1H/t15-,16-;;/m1../s1. The molecule has 8 heteroatoms. The van der Waals surface area contributed by atoms with Gasteiger partial charge in [0.2, 0.25) is 11.8 Å². The molecule has 1 aliphatic heterocycles. The molecule has 0 aromatic rings. The summed E-state index contributed by atoms with van der Waals surface area (Å²) < 4.78 is 0. The Kier molecular flexibility index (Phi) is 12.5. The van der Waals surface area contributed by atoms with Gasteiger partial charge >= 0.3 is 0 Å². The van der Waals surface area contributed by atoms with Crippen LogP contribution in [0.3, 0.4) is 0 Å². The van der Waals surface area contributed by atoms with Gasteiger partial charge in [0.25, 0.3) is 0 Å². The Morgan fingerprint density at radius 2 is 1.69 bits per heavy atom. The summed E-state index contributed by atoms with van der Waals surface area (Å²) in [4.78, 5) is 31.2. The van der Waals surface area contributed by atoms with Gasteiger partial charge < -0.3 is 15.5 Å². The zero-order valence-electron chi connectivity index (χ0n) is 16.2. The molecule has 2 amide bonds. The molecule has 2 aliphatic rings. The predicted octanol–water partition coefficient (Wildman–Crippen LogP) is 1.61. The van der Waals surface area contributed by atoms with Gasteiger partial charge in [-0.1, -0.05) is 6.42 Å². The van der Waals surface area contributed by atoms with Crippen LogP contribution in [0.2, 0.25) is 0 Å². The highest BCUT2D eigenvalue weighted by molar-refractivity contribution is 5.85. The minimum Gasteiger partial charge on any atom is -0.342 e. The number of hydrogen-bond acceptors (Lipinski definition) is 4. The Balaban J connectivity index is 0.00000312. The van der Waals surface area contributed by atoms with Crippen molar-refractivity contribution in [3.05, 3.63) is 0 Å². The lowest BCUT2D eigenvalue weighted by Crippen LogP contribution is -2.43. The van der Waals surface area contributed by atoms with Crippen molar-refractivity contribution in [2.45, 2.75) is 39.5 Å². The van der Waals surface area contributed by atoms with Gasteiger partial charge in [-0.05, 0) is 45.6 Å². The molecule has 2 fully saturated rings. The molecule has 2 rings (SSSR count). The summed E-state index contributed by atoms with van der Waals surface area (Å²) in [6.07, 6.45) is 4.14. The fraction of sp³-hybridized carbons (Fsp3) is 0.889. The first-order valence-corrected chi connectivity index (χ1v) is 9.59. The van der Waals surface area contributed by atoms with Gasteiger partial charge in [-0.3, -0.25) is 14.5 Å². The summed E-state index contributed by atoms with van der Waals surface area (Å²) in [5.74, 6) is 0.971. The van der Waals surface area contributed by atoms with E-state index in [2.05, 4.69) is 4.90 Å². The number of likely N-dealkylation sites (N-methyl/N-ethyl adjacent to an activating group) is 1. The highest BCUT2D eigenvalue weighted by Crippen LogP contribution is 2.32. The molecule has 1 aliphatic carbocycles. The third-order valence-electron chi connectivity index (χ3n) is 5.65.